The number of carboxylic acid groups (broad SMARTS) is 1. The van der Waals surface area contributed by atoms with E-state index in [1.165, 1.54) is 0 Å². The smallest absolute Gasteiger partial charge is 0.303 e. The van der Waals surface area contributed by atoms with Crippen LogP contribution in [0.1, 0.15) is 51.4 Å². The van der Waals surface area contributed by atoms with E-state index in [-0.39, 0.29) is 17.7 Å². The van der Waals surface area contributed by atoms with E-state index in [9.17, 15) is 9.59 Å². The van der Waals surface area contributed by atoms with E-state index in [0.29, 0.717) is 18.9 Å². The zero-order valence-corrected chi connectivity index (χ0v) is 12.0. The zero-order chi connectivity index (χ0) is 14.4. The van der Waals surface area contributed by atoms with Crippen LogP contribution in [-0.2, 0) is 14.3 Å². The largest absolute Gasteiger partial charge is 0.481 e. The second-order valence-electron chi connectivity index (χ2n) is 6.34. The zero-order valence-electron chi connectivity index (χ0n) is 12.0. The number of carbonyl (C=O) groups excluding carboxylic acids is 1. The van der Waals surface area contributed by atoms with E-state index in [1.807, 2.05) is 0 Å². The van der Waals surface area contributed by atoms with Gasteiger partial charge in [-0.1, -0.05) is 19.3 Å². The molecule has 20 heavy (non-hydrogen) atoms. The molecule has 0 aromatic rings. The second kappa shape index (κ2) is 7.07. The third-order valence-corrected chi connectivity index (χ3v) is 4.59. The average Bonchev–Trinajstić information content (AvgIpc) is 2.89. The minimum Gasteiger partial charge on any atom is -0.481 e. The number of aliphatic carboxylic acids is 1. The van der Waals surface area contributed by atoms with Crippen LogP contribution in [0.4, 0.5) is 0 Å². The topological polar surface area (TPSA) is 75.6 Å². The Hall–Kier alpha value is -1.10. The number of hydrogen-bond donors (Lipinski definition) is 2. The van der Waals surface area contributed by atoms with Gasteiger partial charge in [0.1, 0.15) is 0 Å². The van der Waals surface area contributed by atoms with Gasteiger partial charge in [-0.25, -0.2) is 0 Å². The van der Waals surface area contributed by atoms with E-state index in [0.717, 1.165) is 51.7 Å². The Labute approximate surface area is 120 Å². The lowest BCUT2D eigenvalue weighted by molar-refractivity contribution is -0.141. The highest BCUT2D eigenvalue weighted by Gasteiger charge is 2.36. The normalized spacial score (nSPS) is 25.3. The van der Waals surface area contributed by atoms with Crippen LogP contribution in [0.5, 0.6) is 0 Å². The maximum atomic E-state index is 12.1. The molecule has 5 heteroatoms. The molecule has 0 aromatic heterocycles. The lowest BCUT2D eigenvalue weighted by atomic mass is 9.69. The molecule has 2 N–H and O–H groups in total. The van der Waals surface area contributed by atoms with Crippen molar-refractivity contribution < 1.29 is 19.4 Å². The number of carboxylic acids is 1. The van der Waals surface area contributed by atoms with E-state index in [1.54, 1.807) is 0 Å². The van der Waals surface area contributed by atoms with Gasteiger partial charge in [0.25, 0.3) is 0 Å². The molecule has 0 radical (unpaired) electrons. The molecule has 5 nitrogen and oxygen atoms in total. The van der Waals surface area contributed by atoms with Crippen LogP contribution >= 0.6 is 0 Å². The van der Waals surface area contributed by atoms with Gasteiger partial charge >= 0.3 is 5.97 Å². The molecule has 0 aromatic carbocycles. The molecule has 2 aliphatic rings. The molecular weight excluding hydrogens is 258 g/mol. The predicted molar refractivity (Wildman–Crippen MR) is 74.3 cm³/mol. The maximum absolute atomic E-state index is 12.1. The number of nitrogens with one attached hydrogen (secondary N) is 1. The molecule has 1 heterocycles. The first-order chi connectivity index (χ1) is 9.60. The number of carbonyl (C=O) groups is 2. The van der Waals surface area contributed by atoms with Crippen molar-refractivity contribution >= 4 is 11.9 Å². The average molecular weight is 283 g/mol. The fourth-order valence-corrected chi connectivity index (χ4v) is 3.44. The molecule has 114 valence electrons. The van der Waals surface area contributed by atoms with Crippen molar-refractivity contribution in [3.8, 4) is 0 Å². The third-order valence-electron chi connectivity index (χ3n) is 4.59. The fourth-order valence-electron chi connectivity index (χ4n) is 3.44. The minimum atomic E-state index is -0.788. The van der Waals surface area contributed by atoms with Crippen LogP contribution in [0.25, 0.3) is 0 Å². The summed E-state index contributed by atoms with van der Waals surface area (Å²) < 4.78 is 5.28. The second-order valence-corrected chi connectivity index (χ2v) is 6.34. The summed E-state index contributed by atoms with van der Waals surface area (Å²) in [6.07, 6.45) is 6.43. The van der Waals surface area contributed by atoms with Crippen LogP contribution in [0.3, 0.4) is 0 Å². The van der Waals surface area contributed by atoms with E-state index >= 15 is 0 Å². The Bertz CT molecular complexity index is 344. The Morgan fingerprint density at radius 2 is 1.95 bits per heavy atom. The van der Waals surface area contributed by atoms with Gasteiger partial charge in [-0.2, -0.15) is 0 Å². The molecule has 1 saturated carbocycles. The number of ether oxygens (including phenoxy) is 1. The van der Waals surface area contributed by atoms with Gasteiger partial charge in [0.15, 0.2) is 0 Å². The SMILES string of the molecule is O=C(O)CC1(CC(=O)NCC2CCOC2)CCCCC1. The summed E-state index contributed by atoms with van der Waals surface area (Å²) in [4.78, 5) is 23.2. The molecule has 1 amide bonds. The van der Waals surface area contributed by atoms with Gasteiger partial charge in [-0.05, 0) is 24.7 Å². The third kappa shape index (κ3) is 4.47. The maximum Gasteiger partial charge on any atom is 0.303 e. The van der Waals surface area contributed by atoms with Gasteiger partial charge < -0.3 is 15.2 Å². The molecular formula is C15H25NO4. The highest BCUT2D eigenvalue weighted by Crippen LogP contribution is 2.42. The number of amides is 1. The van der Waals surface area contributed by atoms with Gasteiger partial charge in [-0.15, -0.1) is 0 Å². The summed E-state index contributed by atoms with van der Waals surface area (Å²) in [6.45, 7) is 2.16. The van der Waals surface area contributed by atoms with Crippen molar-refractivity contribution in [2.45, 2.75) is 51.4 Å². The monoisotopic (exact) mass is 283 g/mol. The molecule has 1 aliphatic heterocycles. The Kier molecular flexibility index (Phi) is 5.40. The summed E-state index contributed by atoms with van der Waals surface area (Å²) >= 11 is 0. The standard InChI is InChI=1S/C15H25NO4/c17-13(16-10-12-4-7-20-11-12)8-15(9-14(18)19)5-2-1-3-6-15/h12H,1-11H2,(H,16,17)(H,18,19). The summed E-state index contributed by atoms with van der Waals surface area (Å²) in [7, 11) is 0. The van der Waals surface area contributed by atoms with Crippen molar-refractivity contribution in [1.82, 2.24) is 5.32 Å². The number of rotatable bonds is 6. The van der Waals surface area contributed by atoms with Crippen molar-refractivity contribution in [3.05, 3.63) is 0 Å². The lowest BCUT2D eigenvalue weighted by Gasteiger charge is -2.35. The highest BCUT2D eigenvalue weighted by atomic mass is 16.5. The van der Waals surface area contributed by atoms with Crippen LogP contribution < -0.4 is 5.32 Å². The first kappa shape index (κ1) is 15.3. The molecule has 1 unspecified atom stereocenters. The van der Waals surface area contributed by atoms with Crippen molar-refractivity contribution in [2.75, 3.05) is 19.8 Å². The number of hydrogen-bond acceptors (Lipinski definition) is 3. The quantitative estimate of drug-likeness (QED) is 0.781. The molecule has 2 fully saturated rings. The lowest BCUT2D eigenvalue weighted by Crippen LogP contribution is -2.37. The van der Waals surface area contributed by atoms with Gasteiger partial charge in [0.05, 0.1) is 13.0 Å². The molecule has 0 bridgehead atoms. The summed E-state index contributed by atoms with van der Waals surface area (Å²) in [6, 6.07) is 0. The van der Waals surface area contributed by atoms with E-state index < -0.39 is 5.97 Å². The van der Waals surface area contributed by atoms with E-state index in [4.69, 9.17) is 9.84 Å². The molecule has 1 atom stereocenters. The van der Waals surface area contributed by atoms with Crippen molar-refractivity contribution in [2.24, 2.45) is 11.3 Å². The van der Waals surface area contributed by atoms with Crippen molar-refractivity contribution in [1.29, 1.82) is 0 Å². The predicted octanol–water partition coefficient (Wildman–Crippen LogP) is 1.95. The Morgan fingerprint density at radius 3 is 2.55 bits per heavy atom. The van der Waals surface area contributed by atoms with Gasteiger partial charge in [-0.3, -0.25) is 9.59 Å². The molecule has 1 aliphatic carbocycles. The van der Waals surface area contributed by atoms with Crippen molar-refractivity contribution in [3.63, 3.8) is 0 Å². The van der Waals surface area contributed by atoms with Crippen LogP contribution in [-0.4, -0.2) is 36.7 Å². The Morgan fingerprint density at radius 1 is 1.20 bits per heavy atom. The Balaban J connectivity index is 1.82. The first-order valence-electron chi connectivity index (χ1n) is 7.66. The molecule has 2 rings (SSSR count). The molecule has 1 saturated heterocycles. The van der Waals surface area contributed by atoms with E-state index in [2.05, 4.69) is 5.32 Å². The summed E-state index contributed by atoms with van der Waals surface area (Å²) in [5.41, 5.74) is -0.319. The summed E-state index contributed by atoms with van der Waals surface area (Å²) in [5, 5.41) is 12.1. The fraction of sp³-hybridized carbons (Fsp3) is 0.867. The van der Waals surface area contributed by atoms with Crippen LogP contribution in [0.15, 0.2) is 0 Å². The minimum absolute atomic E-state index is 0.0000463. The molecule has 0 spiro atoms. The van der Waals surface area contributed by atoms with Crippen LogP contribution in [0, 0.1) is 11.3 Å². The van der Waals surface area contributed by atoms with Gasteiger partial charge in [0, 0.05) is 25.5 Å². The highest BCUT2D eigenvalue weighted by molar-refractivity contribution is 5.78. The van der Waals surface area contributed by atoms with Crippen LogP contribution in [0.2, 0.25) is 0 Å². The first-order valence-corrected chi connectivity index (χ1v) is 7.66. The van der Waals surface area contributed by atoms with Gasteiger partial charge in [0.2, 0.25) is 5.91 Å². The summed E-state index contributed by atoms with van der Waals surface area (Å²) in [5.74, 6) is -0.371.